The lowest BCUT2D eigenvalue weighted by molar-refractivity contribution is -0.143. The van der Waals surface area contributed by atoms with Crippen molar-refractivity contribution in [3.63, 3.8) is 0 Å². The number of piperidine rings is 1. The molecule has 2 atom stereocenters. The molecule has 5 nitrogen and oxygen atoms in total. The van der Waals surface area contributed by atoms with Crippen LogP contribution in [0, 0.1) is 25.7 Å². The first kappa shape index (κ1) is 18.3. The maximum atomic E-state index is 12.6. The molecule has 1 fully saturated rings. The predicted octanol–water partition coefficient (Wildman–Crippen LogP) is 4.00. The van der Waals surface area contributed by atoms with Crippen molar-refractivity contribution in [2.45, 2.75) is 47.0 Å². The van der Waals surface area contributed by atoms with Gasteiger partial charge in [-0.15, -0.1) is 0 Å². The summed E-state index contributed by atoms with van der Waals surface area (Å²) in [5.74, 6) is -0.680. The van der Waals surface area contributed by atoms with Gasteiger partial charge in [0.2, 0.25) is 0 Å². The molecule has 2 rings (SSSR count). The van der Waals surface area contributed by atoms with Crippen molar-refractivity contribution in [1.82, 2.24) is 4.90 Å². The Morgan fingerprint density at radius 1 is 1.21 bits per heavy atom. The third kappa shape index (κ3) is 4.08. The number of carboxylic acid groups (broad SMARTS) is 1. The monoisotopic (exact) mass is 332 g/mol. The first-order valence-electron chi connectivity index (χ1n) is 8.59. The van der Waals surface area contributed by atoms with Gasteiger partial charge >= 0.3 is 12.0 Å². The van der Waals surface area contributed by atoms with Gasteiger partial charge in [0.15, 0.2) is 0 Å². The Hall–Kier alpha value is -2.04. The summed E-state index contributed by atoms with van der Waals surface area (Å²) in [5, 5.41) is 12.2. The highest BCUT2D eigenvalue weighted by Gasteiger charge is 2.32. The molecule has 132 valence electrons. The van der Waals surface area contributed by atoms with Gasteiger partial charge in [-0.05, 0) is 48.8 Å². The van der Waals surface area contributed by atoms with Crippen molar-refractivity contribution in [2.24, 2.45) is 11.8 Å². The fourth-order valence-electron chi connectivity index (χ4n) is 3.41. The van der Waals surface area contributed by atoms with Crippen LogP contribution in [-0.4, -0.2) is 35.1 Å². The van der Waals surface area contributed by atoms with Gasteiger partial charge in [0.05, 0.1) is 5.92 Å². The molecule has 1 aromatic rings. The molecular weight excluding hydrogens is 304 g/mol. The van der Waals surface area contributed by atoms with Gasteiger partial charge in [0.25, 0.3) is 0 Å². The van der Waals surface area contributed by atoms with Crippen LogP contribution in [0.5, 0.6) is 0 Å². The van der Waals surface area contributed by atoms with Crippen molar-refractivity contribution < 1.29 is 14.7 Å². The maximum absolute atomic E-state index is 12.6. The number of carbonyl (C=O) groups is 2. The molecule has 0 bridgehead atoms. The minimum absolute atomic E-state index is 0.191. The van der Waals surface area contributed by atoms with Gasteiger partial charge in [0.1, 0.15) is 0 Å². The zero-order valence-electron chi connectivity index (χ0n) is 15.2. The normalized spacial score (nSPS) is 21.0. The molecule has 0 saturated carbocycles. The second-order valence-electron chi connectivity index (χ2n) is 7.40. The molecule has 0 spiro atoms. The molecule has 2 unspecified atom stereocenters. The molecule has 1 aromatic carbocycles. The highest BCUT2D eigenvalue weighted by Crippen LogP contribution is 2.27. The third-order valence-corrected chi connectivity index (χ3v) is 4.75. The van der Waals surface area contributed by atoms with E-state index < -0.39 is 11.9 Å². The first-order chi connectivity index (χ1) is 11.2. The number of urea groups is 1. The van der Waals surface area contributed by atoms with Crippen molar-refractivity contribution in [2.75, 3.05) is 18.4 Å². The van der Waals surface area contributed by atoms with E-state index in [-0.39, 0.29) is 18.5 Å². The zero-order valence-corrected chi connectivity index (χ0v) is 15.2. The van der Waals surface area contributed by atoms with Crippen LogP contribution >= 0.6 is 0 Å². The van der Waals surface area contributed by atoms with Crippen LogP contribution < -0.4 is 5.32 Å². The van der Waals surface area contributed by atoms with Gasteiger partial charge in [-0.2, -0.15) is 0 Å². The summed E-state index contributed by atoms with van der Waals surface area (Å²) in [4.78, 5) is 25.5. The summed E-state index contributed by atoms with van der Waals surface area (Å²) in [7, 11) is 0. The topological polar surface area (TPSA) is 69.6 Å². The minimum atomic E-state index is -0.826. The summed E-state index contributed by atoms with van der Waals surface area (Å²) < 4.78 is 0. The molecule has 2 amide bonds. The Morgan fingerprint density at radius 2 is 1.79 bits per heavy atom. The molecule has 1 aliphatic heterocycles. The van der Waals surface area contributed by atoms with Crippen molar-refractivity contribution >= 4 is 17.7 Å². The van der Waals surface area contributed by atoms with Crippen LogP contribution in [-0.2, 0) is 4.79 Å². The molecule has 1 heterocycles. The molecule has 0 aromatic heterocycles. The number of hydrogen-bond acceptors (Lipinski definition) is 2. The Labute approximate surface area is 144 Å². The van der Waals surface area contributed by atoms with Crippen LogP contribution in [0.4, 0.5) is 10.5 Å². The summed E-state index contributed by atoms with van der Waals surface area (Å²) in [6.45, 7) is 11.1. The number of anilines is 1. The lowest BCUT2D eigenvalue weighted by Crippen LogP contribution is -2.47. The van der Waals surface area contributed by atoms with Crippen LogP contribution in [0.15, 0.2) is 12.1 Å². The van der Waals surface area contributed by atoms with E-state index in [9.17, 15) is 14.7 Å². The number of rotatable bonds is 3. The highest BCUT2D eigenvalue weighted by atomic mass is 16.4. The zero-order chi connectivity index (χ0) is 18.0. The van der Waals surface area contributed by atoms with Crippen LogP contribution in [0.25, 0.3) is 0 Å². The van der Waals surface area contributed by atoms with E-state index in [1.165, 1.54) is 5.56 Å². The van der Waals surface area contributed by atoms with Gasteiger partial charge in [0, 0.05) is 18.8 Å². The lowest BCUT2D eigenvalue weighted by atomic mass is 9.91. The third-order valence-electron chi connectivity index (χ3n) is 4.75. The quantitative estimate of drug-likeness (QED) is 0.879. The number of benzene rings is 1. The molecule has 0 aliphatic carbocycles. The van der Waals surface area contributed by atoms with Gasteiger partial charge in [-0.1, -0.05) is 32.9 Å². The second kappa shape index (κ2) is 7.24. The minimum Gasteiger partial charge on any atom is -0.481 e. The smallest absolute Gasteiger partial charge is 0.321 e. The number of likely N-dealkylation sites (tertiary alicyclic amines) is 1. The number of aryl methyl sites for hydroxylation is 2. The molecule has 5 heteroatoms. The number of hydrogen-bond donors (Lipinski definition) is 2. The Kier molecular flexibility index (Phi) is 5.52. The average Bonchev–Trinajstić information content (AvgIpc) is 2.49. The number of carboxylic acids is 1. The average molecular weight is 332 g/mol. The van der Waals surface area contributed by atoms with E-state index in [0.29, 0.717) is 18.9 Å². The predicted molar refractivity (Wildman–Crippen MR) is 95.5 cm³/mol. The van der Waals surface area contributed by atoms with Crippen LogP contribution in [0.2, 0.25) is 0 Å². The first-order valence-corrected chi connectivity index (χ1v) is 8.59. The van der Waals surface area contributed by atoms with E-state index in [0.717, 1.165) is 16.8 Å². The molecule has 1 saturated heterocycles. The van der Waals surface area contributed by atoms with Crippen molar-refractivity contribution in [3.05, 3.63) is 28.8 Å². The maximum Gasteiger partial charge on any atom is 0.321 e. The van der Waals surface area contributed by atoms with E-state index in [1.807, 2.05) is 20.8 Å². The van der Waals surface area contributed by atoms with Gasteiger partial charge < -0.3 is 15.3 Å². The van der Waals surface area contributed by atoms with Crippen molar-refractivity contribution in [1.29, 1.82) is 0 Å². The molecule has 0 radical (unpaired) electrons. The molecule has 1 aliphatic rings. The van der Waals surface area contributed by atoms with E-state index in [2.05, 4.69) is 31.3 Å². The van der Waals surface area contributed by atoms with E-state index >= 15 is 0 Å². The Morgan fingerprint density at radius 3 is 2.29 bits per heavy atom. The second-order valence-corrected chi connectivity index (χ2v) is 7.40. The summed E-state index contributed by atoms with van der Waals surface area (Å²) in [6, 6.07) is 3.99. The number of nitrogens with one attached hydrogen (secondary N) is 1. The number of nitrogens with zero attached hydrogens (tertiary/aromatic N) is 1. The molecule has 2 N–H and O–H groups in total. The number of carbonyl (C=O) groups excluding carboxylic acids is 1. The number of amides is 2. The molecule has 24 heavy (non-hydrogen) atoms. The summed E-state index contributed by atoms with van der Waals surface area (Å²) in [5.41, 5.74) is 4.15. The largest absolute Gasteiger partial charge is 0.481 e. The summed E-state index contributed by atoms with van der Waals surface area (Å²) >= 11 is 0. The summed E-state index contributed by atoms with van der Waals surface area (Å²) in [6.07, 6.45) is 0.625. The highest BCUT2D eigenvalue weighted by molar-refractivity contribution is 5.91. The van der Waals surface area contributed by atoms with Crippen LogP contribution in [0.3, 0.4) is 0 Å². The fourth-order valence-corrected chi connectivity index (χ4v) is 3.41. The molecular formula is C19H28N2O3. The number of aliphatic carboxylic acids is 1. The van der Waals surface area contributed by atoms with Crippen molar-refractivity contribution in [3.8, 4) is 0 Å². The Balaban J connectivity index is 2.16. The Bertz CT molecular complexity index is 616. The van der Waals surface area contributed by atoms with E-state index in [4.69, 9.17) is 0 Å². The van der Waals surface area contributed by atoms with Crippen LogP contribution in [0.1, 0.15) is 49.8 Å². The SMILES string of the molecule is Cc1cc(C(C)C)cc(C)c1NC(=O)N1CC(C)CC(C(=O)O)C1. The standard InChI is InChI=1S/C19H28N2O3/c1-11(2)15-7-13(4)17(14(5)8-15)20-19(24)21-9-12(3)6-16(10-21)18(22)23/h7-8,11-12,16H,6,9-10H2,1-5H3,(H,20,24)(H,22,23). The van der Waals surface area contributed by atoms with Gasteiger partial charge in [-0.3, -0.25) is 4.79 Å². The lowest BCUT2D eigenvalue weighted by Gasteiger charge is -2.34. The fraction of sp³-hybridized carbons (Fsp3) is 0.579. The van der Waals surface area contributed by atoms with E-state index in [1.54, 1.807) is 4.90 Å². The van der Waals surface area contributed by atoms with Gasteiger partial charge in [-0.25, -0.2) is 4.79 Å².